The van der Waals surface area contributed by atoms with Crippen molar-refractivity contribution >= 4 is 54.6 Å². The number of halogens is 2. The number of hydrogen-bond acceptors (Lipinski definition) is 5. The highest BCUT2D eigenvalue weighted by Gasteiger charge is 2.35. The molecule has 2 aliphatic rings. The number of benzene rings is 1. The van der Waals surface area contributed by atoms with Gasteiger partial charge in [0.25, 0.3) is 0 Å². The molecule has 0 bridgehead atoms. The number of nitrogens with zero attached hydrogens (tertiary/aromatic N) is 2. The fraction of sp³-hybridized carbons (Fsp3) is 0.412. The van der Waals surface area contributed by atoms with E-state index in [2.05, 4.69) is 0 Å². The van der Waals surface area contributed by atoms with E-state index in [1.807, 2.05) is 6.07 Å². The predicted molar refractivity (Wildman–Crippen MR) is 110 cm³/mol. The molecule has 1 aliphatic carbocycles. The Kier molecular flexibility index (Phi) is 5.54. The lowest BCUT2D eigenvalue weighted by Gasteiger charge is -2.33. The Balaban J connectivity index is 1.51. The Labute approximate surface area is 178 Å². The molecule has 6 nitrogen and oxygen atoms in total. The fourth-order valence-electron chi connectivity index (χ4n) is 3.65. The first-order valence-electron chi connectivity index (χ1n) is 8.76. The van der Waals surface area contributed by atoms with E-state index in [0.29, 0.717) is 4.34 Å². The van der Waals surface area contributed by atoms with E-state index in [1.165, 1.54) is 20.2 Å². The summed E-state index contributed by atoms with van der Waals surface area (Å²) in [6.07, 6.45) is 2.93. The third kappa shape index (κ3) is 3.62. The van der Waals surface area contributed by atoms with Gasteiger partial charge in [0.1, 0.15) is 9.23 Å². The van der Waals surface area contributed by atoms with Gasteiger partial charge in [0.2, 0.25) is 20.0 Å². The highest BCUT2D eigenvalue weighted by molar-refractivity contribution is 7.89. The molecule has 1 aliphatic heterocycles. The third-order valence-electron chi connectivity index (χ3n) is 5.15. The molecule has 1 saturated heterocycles. The molecule has 2 heterocycles. The Morgan fingerprint density at radius 2 is 1.43 bits per heavy atom. The Morgan fingerprint density at radius 3 is 2.04 bits per heavy atom. The molecule has 152 valence electrons. The topological polar surface area (TPSA) is 74.8 Å². The van der Waals surface area contributed by atoms with Crippen molar-refractivity contribution in [2.24, 2.45) is 0 Å². The van der Waals surface area contributed by atoms with Crippen molar-refractivity contribution in [3.8, 4) is 0 Å². The van der Waals surface area contributed by atoms with E-state index in [4.69, 9.17) is 23.2 Å². The lowest BCUT2D eigenvalue weighted by molar-refractivity contribution is 0.273. The van der Waals surface area contributed by atoms with Gasteiger partial charge in [-0.2, -0.15) is 8.61 Å². The highest BCUT2D eigenvalue weighted by Crippen LogP contribution is 2.36. The average Bonchev–Trinajstić information content (AvgIpc) is 3.27. The fourth-order valence-corrected chi connectivity index (χ4v) is 8.66. The van der Waals surface area contributed by atoms with Crippen molar-refractivity contribution in [2.45, 2.75) is 29.1 Å². The summed E-state index contributed by atoms with van der Waals surface area (Å²) in [6, 6.07) is 6.62. The minimum Gasteiger partial charge on any atom is -0.207 e. The molecule has 1 aromatic heterocycles. The number of fused-ring (bicyclic) bond motifs is 1. The van der Waals surface area contributed by atoms with Crippen molar-refractivity contribution < 1.29 is 16.8 Å². The maximum absolute atomic E-state index is 13.0. The molecule has 0 N–H and O–H groups in total. The Bertz CT molecular complexity index is 1120. The van der Waals surface area contributed by atoms with Gasteiger partial charge in [0.05, 0.1) is 9.23 Å². The number of rotatable bonds is 4. The summed E-state index contributed by atoms with van der Waals surface area (Å²) in [5.41, 5.74) is 2.30. The van der Waals surface area contributed by atoms with Gasteiger partial charge in [0, 0.05) is 26.2 Å². The second-order valence-electron chi connectivity index (χ2n) is 6.78. The van der Waals surface area contributed by atoms with E-state index in [-0.39, 0.29) is 40.3 Å². The molecule has 0 radical (unpaired) electrons. The van der Waals surface area contributed by atoms with Crippen LogP contribution in [-0.4, -0.2) is 51.6 Å². The predicted octanol–water partition coefficient (Wildman–Crippen LogP) is 3.24. The molecule has 11 heteroatoms. The quantitative estimate of drug-likeness (QED) is 0.672. The molecule has 0 saturated carbocycles. The summed E-state index contributed by atoms with van der Waals surface area (Å²) in [5.74, 6) is 0. The van der Waals surface area contributed by atoms with Crippen LogP contribution in [0.25, 0.3) is 0 Å². The lowest BCUT2D eigenvalue weighted by atomic mass is 10.1. The van der Waals surface area contributed by atoms with Crippen molar-refractivity contribution in [3.63, 3.8) is 0 Å². The van der Waals surface area contributed by atoms with Crippen molar-refractivity contribution in [1.82, 2.24) is 8.61 Å². The summed E-state index contributed by atoms with van der Waals surface area (Å²) < 4.78 is 54.6. The number of piperazine rings is 1. The third-order valence-corrected chi connectivity index (χ3v) is 10.7. The molecule has 0 amide bonds. The SMILES string of the molecule is O=S(=O)(c1ccc2c(c1)CCC2)N1CCN(S(=O)(=O)c2cc(Cl)sc2Cl)CC1. The van der Waals surface area contributed by atoms with Crippen LogP contribution in [0.1, 0.15) is 17.5 Å². The summed E-state index contributed by atoms with van der Waals surface area (Å²) in [7, 11) is -7.46. The van der Waals surface area contributed by atoms with Crippen LogP contribution in [0, 0.1) is 0 Å². The van der Waals surface area contributed by atoms with Crippen LogP contribution < -0.4 is 0 Å². The van der Waals surface area contributed by atoms with Gasteiger partial charge in [-0.3, -0.25) is 0 Å². The van der Waals surface area contributed by atoms with Gasteiger partial charge in [-0.1, -0.05) is 29.3 Å². The minimum absolute atomic E-state index is 0.0286. The second-order valence-corrected chi connectivity index (χ2v) is 12.9. The lowest BCUT2D eigenvalue weighted by Crippen LogP contribution is -2.50. The van der Waals surface area contributed by atoms with Crippen molar-refractivity contribution in [2.75, 3.05) is 26.2 Å². The number of aryl methyl sites for hydroxylation is 2. The Hall–Kier alpha value is -0.680. The van der Waals surface area contributed by atoms with E-state index in [9.17, 15) is 16.8 Å². The van der Waals surface area contributed by atoms with Gasteiger partial charge in [0.15, 0.2) is 0 Å². The smallest absolute Gasteiger partial charge is 0.207 e. The normalized spacial score (nSPS) is 19.1. The van der Waals surface area contributed by atoms with Crippen molar-refractivity contribution in [1.29, 1.82) is 0 Å². The van der Waals surface area contributed by atoms with E-state index < -0.39 is 20.0 Å². The molecular weight excluding hydrogens is 463 g/mol. The zero-order valence-corrected chi connectivity index (χ0v) is 18.7. The maximum Gasteiger partial charge on any atom is 0.245 e. The van der Waals surface area contributed by atoms with Crippen LogP contribution in [-0.2, 0) is 32.9 Å². The first-order valence-corrected chi connectivity index (χ1v) is 13.2. The highest BCUT2D eigenvalue weighted by atomic mass is 35.5. The van der Waals surface area contributed by atoms with Gasteiger partial charge >= 0.3 is 0 Å². The molecule has 0 atom stereocenters. The molecule has 0 unspecified atom stereocenters. The standard InChI is InChI=1S/C17H18Cl2N2O4S3/c18-16-11-15(17(19)26-16)28(24,25)21-8-6-20(7-9-21)27(22,23)14-5-4-12-2-1-3-13(12)10-14/h4-5,10-11H,1-3,6-9H2. The summed E-state index contributed by atoms with van der Waals surface area (Å²) in [4.78, 5) is 0.246. The molecule has 1 fully saturated rings. The number of thiophene rings is 1. The largest absolute Gasteiger partial charge is 0.245 e. The zero-order chi connectivity index (χ0) is 20.1. The first kappa shape index (κ1) is 20.6. The Morgan fingerprint density at radius 1 is 0.821 bits per heavy atom. The van der Waals surface area contributed by atoms with Crippen molar-refractivity contribution in [3.05, 3.63) is 44.1 Å². The van der Waals surface area contributed by atoms with Crippen LogP contribution in [0.3, 0.4) is 0 Å². The van der Waals surface area contributed by atoms with E-state index >= 15 is 0 Å². The first-order chi connectivity index (χ1) is 13.2. The van der Waals surface area contributed by atoms with E-state index in [0.717, 1.165) is 36.2 Å². The summed E-state index contributed by atoms with van der Waals surface area (Å²) in [6.45, 7) is 0.314. The molecule has 28 heavy (non-hydrogen) atoms. The summed E-state index contributed by atoms with van der Waals surface area (Å²) in [5, 5.41) is 0. The van der Waals surface area contributed by atoms with Crippen LogP contribution in [0.2, 0.25) is 8.67 Å². The molecule has 1 aromatic carbocycles. The molecular formula is C17H18Cl2N2O4S3. The van der Waals surface area contributed by atoms with Gasteiger partial charge in [-0.05, 0) is 48.6 Å². The van der Waals surface area contributed by atoms with Gasteiger partial charge < -0.3 is 0 Å². The summed E-state index contributed by atoms with van der Waals surface area (Å²) >= 11 is 12.9. The van der Waals surface area contributed by atoms with Crippen LogP contribution >= 0.6 is 34.5 Å². The van der Waals surface area contributed by atoms with Crippen LogP contribution in [0.4, 0.5) is 0 Å². The zero-order valence-electron chi connectivity index (χ0n) is 14.8. The second kappa shape index (κ2) is 7.54. The monoisotopic (exact) mass is 480 g/mol. The van der Waals surface area contributed by atoms with Crippen LogP contribution in [0.15, 0.2) is 34.1 Å². The minimum atomic E-state index is -3.81. The molecule has 4 rings (SSSR count). The van der Waals surface area contributed by atoms with E-state index in [1.54, 1.807) is 12.1 Å². The number of sulfonamides is 2. The van der Waals surface area contributed by atoms with Gasteiger partial charge in [-0.15, -0.1) is 11.3 Å². The average molecular weight is 481 g/mol. The number of hydrogen-bond donors (Lipinski definition) is 0. The molecule has 0 spiro atoms. The van der Waals surface area contributed by atoms with Gasteiger partial charge in [-0.25, -0.2) is 16.8 Å². The van der Waals surface area contributed by atoms with Crippen LogP contribution in [0.5, 0.6) is 0 Å². The molecule has 2 aromatic rings. The maximum atomic E-state index is 13.0.